The summed E-state index contributed by atoms with van der Waals surface area (Å²) in [6.07, 6.45) is 0. The van der Waals surface area contributed by atoms with Crippen molar-refractivity contribution in [2.45, 2.75) is 23.2 Å². The number of amides is 2. The van der Waals surface area contributed by atoms with Crippen LogP contribution < -0.4 is 5.32 Å². The normalized spacial score (nSPS) is 20.8. The lowest BCUT2D eigenvalue weighted by molar-refractivity contribution is -0.150. The fraction of sp³-hybridized carbons (Fsp3) is 0.312. The van der Waals surface area contributed by atoms with Crippen LogP contribution in [0.25, 0.3) is 0 Å². The van der Waals surface area contributed by atoms with E-state index in [9.17, 15) is 24.3 Å². The van der Waals surface area contributed by atoms with Crippen molar-refractivity contribution in [2.75, 3.05) is 11.5 Å². The number of nitrogens with zero attached hydrogens (tertiary/aromatic N) is 2. The smallest absolute Gasteiger partial charge is 0.353 e. The van der Waals surface area contributed by atoms with Gasteiger partial charge in [-0.1, -0.05) is 35.0 Å². The van der Waals surface area contributed by atoms with Gasteiger partial charge in [-0.25, -0.2) is 9.78 Å². The van der Waals surface area contributed by atoms with Gasteiger partial charge < -0.3 is 10.4 Å². The molecule has 2 aliphatic heterocycles. The highest BCUT2D eigenvalue weighted by Gasteiger charge is 2.54. The van der Waals surface area contributed by atoms with E-state index >= 15 is 0 Å². The summed E-state index contributed by atoms with van der Waals surface area (Å²) < 4.78 is 0. The quantitative estimate of drug-likeness (QED) is 0.349. The summed E-state index contributed by atoms with van der Waals surface area (Å²) in [4.78, 5) is 53.7. The van der Waals surface area contributed by atoms with Crippen LogP contribution >= 0.6 is 58.5 Å². The highest BCUT2D eigenvalue weighted by Crippen LogP contribution is 2.43. The zero-order chi connectivity index (χ0) is 21.3. The summed E-state index contributed by atoms with van der Waals surface area (Å²) >= 11 is 14.9. The zero-order valence-electron chi connectivity index (χ0n) is 14.7. The summed E-state index contributed by atoms with van der Waals surface area (Å²) in [5, 5.41) is 11.7. The first-order valence-electron chi connectivity index (χ1n) is 8.02. The van der Waals surface area contributed by atoms with Crippen LogP contribution in [0, 0.1) is 0 Å². The first-order chi connectivity index (χ1) is 13.7. The van der Waals surface area contributed by atoms with Gasteiger partial charge in [-0.2, -0.15) is 0 Å². The summed E-state index contributed by atoms with van der Waals surface area (Å²) in [5.41, 5.74) is -0.195. The van der Waals surface area contributed by atoms with Crippen molar-refractivity contribution in [3.8, 4) is 0 Å². The predicted molar refractivity (Wildman–Crippen MR) is 113 cm³/mol. The van der Waals surface area contributed by atoms with Crippen molar-refractivity contribution in [2.24, 2.45) is 0 Å². The molecule has 0 bridgehead atoms. The van der Waals surface area contributed by atoms with Gasteiger partial charge in [0, 0.05) is 22.5 Å². The number of carbonyl (C=O) groups excluding carboxylic acids is 3. The fourth-order valence-electron chi connectivity index (χ4n) is 2.73. The number of rotatable bonds is 6. The van der Waals surface area contributed by atoms with Gasteiger partial charge in [-0.3, -0.25) is 19.3 Å². The fourth-order valence-corrected chi connectivity index (χ4v) is 6.36. The number of hydrogen-bond donors (Lipinski definition) is 2. The zero-order valence-corrected chi connectivity index (χ0v) is 18.6. The molecule has 1 fully saturated rings. The van der Waals surface area contributed by atoms with Gasteiger partial charge in [-0.15, -0.1) is 23.5 Å². The van der Waals surface area contributed by atoms with Crippen LogP contribution in [0.3, 0.4) is 0 Å². The van der Waals surface area contributed by atoms with Gasteiger partial charge in [-0.05, 0) is 12.1 Å². The first-order valence-corrected chi connectivity index (χ1v) is 11.6. The Morgan fingerprint density at radius 3 is 2.59 bits per heavy atom. The molecular weight excluding hydrogens is 481 g/mol. The maximum Gasteiger partial charge on any atom is 0.353 e. The lowest BCUT2D eigenvalue weighted by Crippen LogP contribution is -2.70. The molecule has 0 spiro atoms. The summed E-state index contributed by atoms with van der Waals surface area (Å²) in [6.45, 7) is 1.33. The molecule has 0 aromatic carbocycles. The molecule has 2 N–H and O–H groups in total. The summed E-state index contributed by atoms with van der Waals surface area (Å²) in [5.74, 6) is -1.89. The Bertz CT molecular complexity index is 922. The van der Waals surface area contributed by atoms with Gasteiger partial charge in [0.2, 0.25) is 5.91 Å². The van der Waals surface area contributed by atoms with Crippen LogP contribution in [0.15, 0.2) is 27.6 Å². The molecule has 2 aliphatic rings. The lowest BCUT2D eigenvalue weighted by Gasteiger charge is -2.49. The third-order valence-corrected chi connectivity index (χ3v) is 7.52. The number of pyridine rings is 1. The SMILES string of the molecule is CC(=O)SC1=C(C(=O)O)N2C(=O)[C@@H](NC(=O)CSc3cc(Cl)nc(Cl)c3)[C@H]2SC1. The molecule has 154 valence electrons. The number of hydrogen-bond acceptors (Lipinski definition) is 8. The molecule has 0 unspecified atom stereocenters. The Morgan fingerprint density at radius 2 is 2.00 bits per heavy atom. The first kappa shape index (κ1) is 22.3. The third-order valence-electron chi connectivity index (χ3n) is 3.83. The molecule has 13 heteroatoms. The number of carboxylic acid groups (broad SMARTS) is 1. The van der Waals surface area contributed by atoms with E-state index in [1.165, 1.54) is 30.4 Å². The summed E-state index contributed by atoms with van der Waals surface area (Å²) in [6, 6.07) is 2.31. The Balaban J connectivity index is 1.63. The average molecular weight is 494 g/mol. The Hall–Kier alpha value is -1.40. The number of aliphatic carboxylic acids is 1. The molecule has 2 amide bonds. The molecule has 29 heavy (non-hydrogen) atoms. The molecule has 0 saturated carbocycles. The van der Waals surface area contributed by atoms with E-state index in [0.717, 1.165) is 16.7 Å². The van der Waals surface area contributed by atoms with Crippen molar-refractivity contribution in [3.05, 3.63) is 33.0 Å². The monoisotopic (exact) mass is 493 g/mol. The topological polar surface area (TPSA) is 117 Å². The minimum atomic E-state index is -1.28. The van der Waals surface area contributed by atoms with Gasteiger partial charge in [0.05, 0.1) is 5.75 Å². The molecule has 0 aliphatic carbocycles. The van der Waals surface area contributed by atoms with Crippen molar-refractivity contribution < 1.29 is 24.3 Å². The molecule has 3 rings (SSSR count). The predicted octanol–water partition coefficient (Wildman–Crippen LogP) is 2.46. The molecule has 1 saturated heterocycles. The molecule has 8 nitrogen and oxygen atoms in total. The molecule has 0 radical (unpaired) electrons. The van der Waals surface area contributed by atoms with Crippen LogP contribution in [0.1, 0.15) is 6.92 Å². The van der Waals surface area contributed by atoms with E-state index in [-0.39, 0.29) is 38.5 Å². The molecule has 2 atom stereocenters. The second-order valence-electron chi connectivity index (χ2n) is 5.86. The van der Waals surface area contributed by atoms with E-state index in [0.29, 0.717) is 9.80 Å². The Labute approximate surface area is 188 Å². The maximum absolute atomic E-state index is 12.5. The minimum Gasteiger partial charge on any atom is -0.477 e. The van der Waals surface area contributed by atoms with E-state index in [1.807, 2.05) is 0 Å². The van der Waals surface area contributed by atoms with Crippen molar-refractivity contribution in [3.63, 3.8) is 0 Å². The molecule has 3 heterocycles. The number of carbonyl (C=O) groups is 4. The number of fused-ring (bicyclic) bond motifs is 1. The van der Waals surface area contributed by atoms with Crippen LogP contribution in [-0.4, -0.2) is 60.8 Å². The van der Waals surface area contributed by atoms with Gasteiger partial charge >= 0.3 is 5.97 Å². The number of nitrogens with one attached hydrogen (secondary N) is 1. The number of halogens is 2. The highest BCUT2D eigenvalue weighted by atomic mass is 35.5. The Kier molecular flexibility index (Phi) is 7.05. The summed E-state index contributed by atoms with van der Waals surface area (Å²) in [7, 11) is 0. The lowest BCUT2D eigenvalue weighted by atomic mass is 10.1. The van der Waals surface area contributed by atoms with Crippen LogP contribution in [0.5, 0.6) is 0 Å². The second-order valence-corrected chi connectivity index (χ2v) is 10.1. The largest absolute Gasteiger partial charge is 0.477 e. The van der Waals surface area contributed by atoms with E-state index in [2.05, 4.69) is 10.3 Å². The number of thioether (sulfide) groups is 3. The number of β-lactam (4-membered cyclic amide) rings is 1. The van der Waals surface area contributed by atoms with Crippen LogP contribution in [0.4, 0.5) is 0 Å². The number of aromatic nitrogens is 1. The number of carboxylic acids is 1. The van der Waals surface area contributed by atoms with E-state index < -0.39 is 23.3 Å². The van der Waals surface area contributed by atoms with E-state index in [4.69, 9.17) is 23.2 Å². The molecular formula is C16H13Cl2N3O5S3. The van der Waals surface area contributed by atoms with Gasteiger partial charge in [0.1, 0.15) is 27.4 Å². The Morgan fingerprint density at radius 1 is 1.34 bits per heavy atom. The highest BCUT2D eigenvalue weighted by molar-refractivity contribution is 8.17. The van der Waals surface area contributed by atoms with Crippen molar-refractivity contribution in [1.29, 1.82) is 0 Å². The molecule has 1 aromatic rings. The van der Waals surface area contributed by atoms with Crippen LogP contribution in [0.2, 0.25) is 10.3 Å². The molecule has 1 aromatic heterocycles. The van der Waals surface area contributed by atoms with E-state index in [1.54, 1.807) is 12.1 Å². The standard InChI is InChI=1S/C16H13Cl2N3O5S3/c1-6(22)29-8-4-28-15-12(14(24)21(15)13(8)16(25)26)20-11(23)5-27-7-2-9(17)19-10(18)3-7/h2-3,12,15H,4-5H2,1H3,(H,20,23)(H,25,26)/t12-,15-/m1/s1. The third kappa shape index (κ3) is 5.02. The van der Waals surface area contributed by atoms with Crippen molar-refractivity contribution >= 4 is 81.4 Å². The second kappa shape index (κ2) is 9.17. The van der Waals surface area contributed by atoms with Gasteiger partial charge in [0.15, 0.2) is 5.12 Å². The van der Waals surface area contributed by atoms with Crippen molar-refractivity contribution in [1.82, 2.24) is 15.2 Å². The van der Waals surface area contributed by atoms with Gasteiger partial charge in [0.25, 0.3) is 5.91 Å². The maximum atomic E-state index is 12.5. The minimum absolute atomic E-state index is 0.0188. The average Bonchev–Trinajstić information content (AvgIpc) is 2.62. The van der Waals surface area contributed by atoms with Crippen LogP contribution in [-0.2, 0) is 19.2 Å².